The molecule has 0 aromatic heterocycles. The number of aliphatic carboxylic acids is 1. The maximum atomic E-state index is 12.4. The van der Waals surface area contributed by atoms with Gasteiger partial charge in [-0.2, -0.15) is 0 Å². The highest BCUT2D eigenvalue weighted by molar-refractivity contribution is 5.94. The molecule has 7 nitrogen and oxygen atoms in total. The molecule has 4 rings (SSSR count). The van der Waals surface area contributed by atoms with Crippen LogP contribution in [0.15, 0.2) is 54.6 Å². The number of nitrogens with one attached hydrogen (secondary N) is 2. The number of rotatable bonds is 9. The van der Waals surface area contributed by atoms with Crippen LogP contribution in [0, 0.1) is 11.8 Å². The Balaban J connectivity index is 1.14. The topological polar surface area (TPSA) is 105 Å². The number of carboxylic acids is 1. The summed E-state index contributed by atoms with van der Waals surface area (Å²) in [6.07, 6.45) is 3.58. The fraction of sp³-hybridized carbons (Fsp3) is 0.423. The van der Waals surface area contributed by atoms with E-state index in [0.29, 0.717) is 43.2 Å². The molecule has 0 heterocycles. The first kappa shape index (κ1) is 22.8. The van der Waals surface area contributed by atoms with Gasteiger partial charge in [0.05, 0.1) is 12.0 Å². The predicted molar refractivity (Wildman–Crippen MR) is 123 cm³/mol. The molecule has 0 bridgehead atoms. The highest BCUT2D eigenvalue weighted by Gasteiger charge is 2.43. The van der Waals surface area contributed by atoms with Crippen LogP contribution >= 0.6 is 0 Å². The molecule has 2 aromatic rings. The number of carbonyl (C=O) groups excluding carboxylic acids is 2. The van der Waals surface area contributed by atoms with Crippen LogP contribution in [0.2, 0.25) is 0 Å². The van der Waals surface area contributed by atoms with Crippen LogP contribution in [0.25, 0.3) is 0 Å². The molecular weight excluding hydrogens is 420 g/mol. The Morgan fingerprint density at radius 2 is 1.55 bits per heavy atom. The maximum absolute atomic E-state index is 12.4. The molecule has 0 aliphatic heterocycles. The molecule has 0 saturated heterocycles. The summed E-state index contributed by atoms with van der Waals surface area (Å²) in [5, 5.41) is 14.8. The molecule has 2 aliphatic carbocycles. The van der Waals surface area contributed by atoms with Gasteiger partial charge in [0.25, 0.3) is 5.91 Å². The van der Waals surface area contributed by atoms with Gasteiger partial charge in [-0.25, -0.2) is 0 Å². The minimum atomic E-state index is -0.729. The molecule has 7 heteroatoms. The van der Waals surface area contributed by atoms with E-state index in [9.17, 15) is 14.4 Å². The Morgan fingerprint density at radius 3 is 2.21 bits per heavy atom. The van der Waals surface area contributed by atoms with E-state index in [1.54, 1.807) is 24.3 Å². The SMILES string of the molecule is O=C(NCCNC(=O)C1CC1c1ccccc1)c1ccc(OC2CCC(C(=O)O)CC2)cc1. The number of carboxylic acid groups (broad SMARTS) is 1. The summed E-state index contributed by atoms with van der Waals surface area (Å²) < 4.78 is 5.94. The van der Waals surface area contributed by atoms with Gasteiger partial charge in [-0.15, -0.1) is 0 Å². The fourth-order valence-electron chi connectivity index (χ4n) is 4.45. The Hall–Kier alpha value is -3.35. The van der Waals surface area contributed by atoms with E-state index in [4.69, 9.17) is 9.84 Å². The Bertz CT molecular complexity index is 968. The summed E-state index contributed by atoms with van der Waals surface area (Å²) in [4.78, 5) is 35.7. The van der Waals surface area contributed by atoms with Gasteiger partial charge in [0.2, 0.25) is 5.91 Å². The summed E-state index contributed by atoms with van der Waals surface area (Å²) in [6, 6.07) is 17.0. The molecular formula is C26H30N2O5. The fourth-order valence-corrected chi connectivity index (χ4v) is 4.45. The van der Waals surface area contributed by atoms with Crippen molar-refractivity contribution in [3.63, 3.8) is 0 Å². The van der Waals surface area contributed by atoms with Crippen LogP contribution in [0.3, 0.4) is 0 Å². The highest BCUT2D eigenvalue weighted by Crippen LogP contribution is 2.47. The molecule has 2 saturated carbocycles. The van der Waals surface area contributed by atoms with Crippen molar-refractivity contribution in [2.75, 3.05) is 13.1 Å². The average molecular weight is 451 g/mol. The van der Waals surface area contributed by atoms with Crippen molar-refractivity contribution < 1.29 is 24.2 Å². The zero-order chi connectivity index (χ0) is 23.2. The van der Waals surface area contributed by atoms with E-state index in [1.165, 1.54) is 5.56 Å². The van der Waals surface area contributed by atoms with Gasteiger partial charge in [-0.1, -0.05) is 30.3 Å². The molecule has 174 valence electrons. The number of hydrogen-bond acceptors (Lipinski definition) is 4. The third-order valence-electron chi connectivity index (χ3n) is 6.51. The van der Waals surface area contributed by atoms with Crippen LogP contribution in [0.5, 0.6) is 5.75 Å². The second-order valence-electron chi connectivity index (χ2n) is 8.86. The van der Waals surface area contributed by atoms with Crippen molar-refractivity contribution in [1.82, 2.24) is 10.6 Å². The lowest BCUT2D eigenvalue weighted by Gasteiger charge is -2.26. The standard InChI is InChI=1S/C26H30N2O5/c29-24(27-14-15-28-25(30)23-16-22(23)17-4-2-1-3-5-17)18-6-10-20(11-7-18)33-21-12-8-19(9-13-21)26(31)32/h1-7,10-11,19,21-23H,8-9,12-16H2,(H,27,29)(H,28,30)(H,31,32). The molecule has 2 aliphatic rings. The summed E-state index contributed by atoms with van der Waals surface area (Å²) >= 11 is 0. The number of ether oxygens (including phenoxy) is 1. The second-order valence-corrected chi connectivity index (χ2v) is 8.86. The summed E-state index contributed by atoms with van der Waals surface area (Å²) in [5.41, 5.74) is 1.72. The Labute approximate surface area is 193 Å². The van der Waals surface area contributed by atoms with E-state index in [1.807, 2.05) is 18.2 Å². The quantitative estimate of drug-likeness (QED) is 0.508. The van der Waals surface area contributed by atoms with Crippen LogP contribution in [0.1, 0.15) is 53.9 Å². The van der Waals surface area contributed by atoms with Gasteiger partial charge in [-0.3, -0.25) is 14.4 Å². The molecule has 2 atom stereocenters. The summed E-state index contributed by atoms with van der Waals surface area (Å²) in [6.45, 7) is 0.751. The van der Waals surface area contributed by atoms with E-state index in [0.717, 1.165) is 19.3 Å². The van der Waals surface area contributed by atoms with E-state index in [-0.39, 0.29) is 29.8 Å². The van der Waals surface area contributed by atoms with E-state index < -0.39 is 5.97 Å². The van der Waals surface area contributed by atoms with E-state index in [2.05, 4.69) is 22.8 Å². The number of carbonyl (C=O) groups is 3. The molecule has 0 spiro atoms. The zero-order valence-electron chi connectivity index (χ0n) is 18.5. The zero-order valence-corrected chi connectivity index (χ0v) is 18.5. The second kappa shape index (κ2) is 10.5. The van der Waals surface area contributed by atoms with Crippen LogP contribution in [0.4, 0.5) is 0 Å². The molecule has 33 heavy (non-hydrogen) atoms. The minimum Gasteiger partial charge on any atom is -0.490 e. The van der Waals surface area contributed by atoms with E-state index >= 15 is 0 Å². The number of hydrogen-bond donors (Lipinski definition) is 3. The molecule has 2 amide bonds. The monoisotopic (exact) mass is 450 g/mol. The van der Waals surface area contributed by atoms with Gasteiger partial charge in [0.1, 0.15) is 5.75 Å². The van der Waals surface area contributed by atoms with Gasteiger partial charge in [0, 0.05) is 24.6 Å². The van der Waals surface area contributed by atoms with Crippen molar-refractivity contribution in [3.05, 3.63) is 65.7 Å². The Morgan fingerprint density at radius 1 is 0.879 bits per heavy atom. The molecule has 2 fully saturated rings. The molecule has 0 radical (unpaired) electrons. The number of amides is 2. The average Bonchev–Trinajstić information content (AvgIpc) is 3.64. The molecule has 2 unspecified atom stereocenters. The lowest BCUT2D eigenvalue weighted by atomic mass is 9.87. The third kappa shape index (κ3) is 6.12. The van der Waals surface area contributed by atoms with Gasteiger partial charge in [0.15, 0.2) is 0 Å². The van der Waals surface area contributed by atoms with Gasteiger partial charge >= 0.3 is 5.97 Å². The summed E-state index contributed by atoms with van der Waals surface area (Å²) in [7, 11) is 0. The first-order valence-electron chi connectivity index (χ1n) is 11.6. The molecule has 2 aromatic carbocycles. The van der Waals surface area contributed by atoms with Crippen molar-refractivity contribution in [3.8, 4) is 5.75 Å². The lowest BCUT2D eigenvalue weighted by molar-refractivity contribution is -0.143. The number of benzene rings is 2. The van der Waals surface area contributed by atoms with Gasteiger partial charge in [-0.05, 0) is 67.9 Å². The summed E-state index contributed by atoms with van der Waals surface area (Å²) in [5.74, 6) is -0.163. The lowest BCUT2D eigenvalue weighted by Crippen LogP contribution is -2.35. The Kier molecular flexibility index (Phi) is 7.27. The predicted octanol–water partition coefficient (Wildman–Crippen LogP) is 3.36. The van der Waals surface area contributed by atoms with Gasteiger partial charge < -0.3 is 20.5 Å². The van der Waals surface area contributed by atoms with Crippen molar-refractivity contribution >= 4 is 17.8 Å². The van der Waals surface area contributed by atoms with Crippen molar-refractivity contribution in [2.24, 2.45) is 11.8 Å². The van der Waals surface area contributed by atoms with Crippen LogP contribution < -0.4 is 15.4 Å². The van der Waals surface area contributed by atoms with Crippen molar-refractivity contribution in [1.29, 1.82) is 0 Å². The minimum absolute atomic E-state index is 0.0110. The molecule has 3 N–H and O–H groups in total. The largest absolute Gasteiger partial charge is 0.490 e. The van der Waals surface area contributed by atoms with Crippen LogP contribution in [-0.4, -0.2) is 42.1 Å². The smallest absolute Gasteiger partial charge is 0.306 e. The highest BCUT2D eigenvalue weighted by atomic mass is 16.5. The first-order valence-corrected chi connectivity index (χ1v) is 11.6. The van der Waals surface area contributed by atoms with Crippen LogP contribution in [-0.2, 0) is 9.59 Å². The maximum Gasteiger partial charge on any atom is 0.306 e. The third-order valence-corrected chi connectivity index (χ3v) is 6.51. The van der Waals surface area contributed by atoms with Crippen molar-refractivity contribution in [2.45, 2.75) is 44.1 Å². The normalized spacial score (nSPS) is 23.9. The first-order chi connectivity index (χ1) is 16.0.